The molecule has 1 aromatic carbocycles. The SMILES string of the molecule is CC(NCc1ccc(N(C)C)nc1)c1ccccc1-n1cccn1. The first-order valence-corrected chi connectivity index (χ1v) is 8.10. The lowest BCUT2D eigenvalue weighted by Crippen LogP contribution is -2.20. The molecule has 0 bridgehead atoms. The van der Waals surface area contributed by atoms with Gasteiger partial charge in [-0.25, -0.2) is 9.67 Å². The van der Waals surface area contributed by atoms with E-state index in [0.29, 0.717) is 0 Å². The molecule has 5 nitrogen and oxygen atoms in total. The largest absolute Gasteiger partial charge is 0.363 e. The van der Waals surface area contributed by atoms with Gasteiger partial charge in [0, 0.05) is 45.3 Å². The zero-order valence-electron chi connectivity index (χ0n) is 14.3. The van der Waals surface area contributed by atoms with Crippen LogP contribution in [0.2, 0.25) is 0 Å². The first kappa shape index (κ1) is 16.2. The van der Waals surface area contributed by atoms with E-state index in [9.17, 15) is 0 Å². The van der Waals surface area contributed by atoms with E-state index in [1.54, 1.807) is 6.20 Å². The second-order valence-electron chi connectivity index (χ2n) is 6.03. The molecule has 1 N–H and O–H groups in total. The van der Waals surface area contributed by atoms with Gasteiger partial charge in [-0.2, -0.15) is 5.10 Å². The Hall–Kier alpha value is -2.66. The molecule has 124 valence electrons. The van der Waals surface area contributed by atoms with Gasteiger partial charge in [-0.05, 0) is 36.2 Å². The number of para-hydroxylation sites is 1. The van der Waals surface area contributed by atoms with Crippen molar-refractivity contribution in [3.63, 3.8) is 0 Å². The monoisotopic (exact) mass is 321 g/mol. The minimum atomic E-state index is 0.207. The summed E-state index contributed by atoms with van der Waals surface area (Å²) in [5.41, 5.74) is 3.49. The molecule has 0 saturated carbocycles. The number of benzene rings is 1. The van der Waals surface area contributed by atoms with Crippen LogP contribution in [0.3, 0.4) is 0 Å². The quantitative estimate of drug-likeness (QED) is 0.757. The molecule has 2 heterocycles. The third-order valence-electron chi connectivity index (χ3n) is 4.03. The van der Waals surface area contributed by atoms with Gasteiger partial charge in [0.15, 0.2) is 0 Å². The molecule has 0 aliphatic carbocycles. The Labute approximate surface area is 143 Å². The summed E-state index contributed by atoms with van der Waals surface area (Å²) in [6, 6.07) is 14.6. The Balaban J connectivity index is 1.70. The number of hydrogen-bond acceptors (Lipinski definition) is 4. The molecular weight excluding hydrogens is 298 g/mol. The van der Waals surface area contributed by atoms with E-state index in [1.807, 2.05) is 54.3 Å². The maximum Gasteiger partial charge on any atom is 0.127 e. The van der Waals surface area contributed by atoms with Crippen molar-refractivity contribution < 1.29 is 0 Å². The summed E-state index contributed by atoms with van der Waals surface area (Å²) in [7, 11) is 3.99. The van der Waals surface area contributed by atoms with Crippen LogP contribution in [-0.2, 0) is 6.54 Å². The maximum absolute atomic E-state index is 4.46. The Morgan fingerprint density at radius 2 is 1.96 bits per heavy atom. The molecule has 1 unspecified atom stereocenters. The smallest absolute Gasteiger partial charge is 0.127 e. The highest BCUT2D eigenvalue weighted by Gasteiger charge is 2.11. The summed E-state index contributed by atoms with van der Waals surface area (Å²) in [5.74, 6) is 0.968. The van der Waals surface area contributed by atoms with Crippen LogP contribution in [0.1, 0.15) is 24.1 Å². The highest BCUT2D eigenvalue weighted by atomic mass is 15.3. The number of anilines is 1. The molecule has 0 aliphatic heterocycles. The first-order valence-electron chi connectivity index (χ1n) is 8.10. The summed E-state index contributed by atoms with van der Waals surface area (Å²) in [5, 5.41) is 7.92. The standard InChI is InChI=1S/C19H23N5/c1-15(20-13-16-9-10-19(21-14-16)23(2)3)17-7-4-5-8-18(17)24-12-6-11-22-24/h4-12,14-15,20H,13H2,1-3H3. The van der Waals surface area contributed by atoms with Crippen LogP contribution < -0.4 is 10.2 Å². The summed E-state index contributed by atoms with van der Waals surface area (Å²) in [6.45, 7) is 2.94. The van der Waals surface area contributed by atoms with Crippen LogP contribution in [0.15, 0.2) is 61.1 Å². The predicted molar refractivity (Wildman–Crippen MR) is 97.4 cm³/mol. The van der Waals surface area contributed by atoms with Gasteiger partial charge in [0.1, 0.15) is 5.82 Å². The van der Waals surface area contributed by atoms with Crippen molar-refractivity contribution in [1.82, 2.24) is 20.1 Å². The maximum atomic E-state index is 4.46. The molecule has 1 atom stereocenters. The highest BCUT2D eigenvalue weighted by Crippen LogP contribution is 2.21. The van der Waals surface area contributed by atoms with Crippen LogP contribution >= 0.6 is 0 Å². The third kappa shape index (κ3) is 3.63. The first-order chi connectivity index (χ1) is 11.6. The molecule has 5 heteroatoms. The van der Waals surface area contributed by atoms with Crippen LogP contribution in [0.5, 0.6) is 0 Å². The average molecular weight is 321 g/mol. The molecule has 3 rings (SSSR count). The molecule has 0 fully saturated rings. The van der Waals surface area contributed by atoms with Gasteiger partial charge in [-0.1, -0.05) is 24.3 Å². The van der Waals surface area contributed by atoms with Gasteiger partial charge < -0.3 is 10.2 Å². The molecule has 3 aromatic rings. The predicted octanol–water partition coefficient (Wildman–Crippen LogP) is 3.18. The van der Waals surface area contributed by atoms with Crippen molar-refractivity contribution in [2.75, 3.05) is 19.0 Å². The van der Waals surface area contributed by atoms with E-state index in [0.717, 1.165) is 18.1 Å². The zero-order chi connectivity index (χ0) is 16.9. The minimum Gasteiger partial charge on any atom is -0.363 e. The van der Waals surface area contributed by atoms with Gasteiger partial charge in [0.05, 0.1) is 5.69 Å². The van der Waals surface area contributed by atoms with Crippen molar-refractivity contribution in [3.05, 3.63) is 72.2 Å². The average Bonchev–Trinajstić information content (AvgIpc) is 3.14. The fourth-order valence-electron chi connectivity index (χ4n) is 2.64. The Kier molecular flexibility index (Phi) is 4.91. The number of nitrogens with zero attached hydrogens (tertiary/aromatic N) is 4. The van der Waals surface area contributed by atoms with Gasteiger partial charge in [0.2, 0.25) is 0 Å². The summed E-state index contributed by atoms with van der Waals surface area (Å²) < 4.78 is 1.90. The molecule has 0 spiro atoms. The number of rotatable bonds is 6. The van der Waals surface area contributed by atoms with E-state index in [1.165, 1.54) is 11.1 Å². The molecule has 2 aromatic heterocycles. The molecule has 0 amide bonds. The fourth-order valence-corrected chi connectivity index (χ4v) is 2.64. The lowest BCUT2D eigenvalue weighted by molar-refractivity contribution is 0.570. The number of hydrogen-bond donors (Lipinski definition) is 1. The topological polar surface area (TPSA) is 46.0 Å². The van der Waals surface area contributed by atoms with Crippen LogP contribution in [-0.4, -0.2) is 28.9 Å². The Bertz CT molecular complexity index is 763. The minimum absolute atomic E-state index is 0.207. The van der Waals surface area contributed by atoms with E-state index >= 15 is 0 Å². The van der Waals surface area contributed by atoms with Crippen molar-refractivity contribution in [3.8, 4) is 5.69 Å². The second-order valence-corrected chi connectivity index (χ2v) is 6.03. The van der Waals surface area contributed by atoms with Gasteiger partial charge in [-0.3, -0.25) is 0 Å². The number of aromatic nitrogens is 3. The van der Waals surface area contributed by atoms with E-state index < -0.39 is 0 Å². The van der Waals surface area contributed by atoms with Crippen LogP contribution in [0.4, 0.5) is 5.82 Å². The molecular formula is C19H23N5. The molecule has 24 heavy (non-hydrogen) atoms. The Morgan fingerprint density at radius 3 is 2.62 bits per heavy atom. The van der Waals surface area contributed by atoms with Crippen molar-refractivity contribution in [2.24, 2.45) is 0 Å². The third-order valence-corrected chi connectivity index (χ3v) is 4.03. The van der Waals surface area contributed by atoms with E-state index in [4.69, 9.17) is 0 Å². The summed E-state index contributed by atoms with van der Waals surface area (Å²) in [4.78, 5) is 6.46. The van der Waals surface area contributed by atoms with Crippen molar-refractivity contribution in [2.45, 2.75) is 19.5 Å². The molecule has 0 aliphatic rings. The van der Waals surface area contributed by atoms with Crippen LogP contribution in [0.25, 0.3) is 5.69 Å². The number of pyridine rings is 1. The summed E-state index contributed by atoms with van der Waals surface area (Å²) >= 11 is 0. The van der Waals surface area contributed by atoms with E-state index in [-0.39, 0.29) is 6.04 Å². The summed E-state index contributed by atoms with van der Waals surface area (Å²) in [6.07, 6.45) is 5.69. The van der Waals surface area contributed by atoms with Gasteiger partial charge in [0.25, 0.3) is 0 Å². The lowest BCUT2D eigenvalue weighted by Gasteiger charge is -2.18. The van der Waals surface area contributed by atoms with Crippen molar-refractivity contribution >= 4 is 5.82 Å². The Morgan fingerprint density at radius 1 is 1.12 bits per heavy atom. The molecule has 0 radical (unpaired) electrons. The zero-order valence-corrected chi connectivity index (χ0v) is 14.3. The van der Waals surface area contributed by atoms with Gasteiger partial charge in [-0.15, -0.1) is 0 Å². The number of nitrogens with one attached hydrogen (secondary N) is 1. The van der Waals surface area contributed by atoms with Crippen molar-refractivity contribution in [1.29, 1.82) is 0 Å². The van der Waals surface area contributed by atoms with E-state index in [2.05, 4.69) is 46.6 Å². The molecule has 0 saturated heterocycles. The van der Waals surface area contributed by atoms with Gasteiger partial charge >= 0.3 is 0 Å². The lowest BCUT2D eigenvalue weighted by atomic mass is 10.1. The normalized spacial score (nSPS) is 12.1. The van der Waals surface area contributed by atoms with Crippen LogP contribution in [0, 0.1) is 0 Å². The fraction of sp³-hybridized carbons (Fsp3) is 0.263. The highest BCUT2D eigenvalue weighted by molar-refractivity contribution is 5.42. The second kappa shape index (κ2) is 7.27.